The summed E-state index contributed by atoms with van der Waals surface area (Å²) in [5.41, 5.74) is 0. The monoisotopic (exact) mass is 219 g/mol. The van der Waals surface area contributed by atoms with E-state index >= 15 is 0 Å². The minimum Gasteiger partial charge on any atom is -0.481 e. The molecule has 0 spiro atoms. The zero-order valence-electron chi connectivity index (χ0n) is 9.38. The van der Waals surface area contributed by atoms with E-state index in [1.807, 2.05) is 0 Å². The SMILES string of the molecule is [13CH3]CCCC([15NH][13CH3])C(=O)NCCC(=O)O. The first-order valence-electron chi connectivity index (χ1n) is 5.28. The van der Waals surface area contributed by atoms with Gasteiger partial charge in [0.15, 0.2) is 0 Å². The predicted octanol–water partition coefficient (Wildman–Crippen LogP) is 0.356. The summed E-state index contributed by atoms with van der Waals surface area (Å²) in [6, 6.07) is -0.209. The number of carbonyl (C=O) groups excluding carboxylic acids is 1. The summed E-state index contributed by atoms with van der Waals surface area (Å²) in [4.78, 5) is 21.7. The van der Waals surface area contributed by atoms with Gasteiger partial charge in [0.25, 0.3) is 0 Å². The number of rotatable bonds is 8. The summed E-state index contributed by atoms with van der Waals surface area (Å²) < 4.78 is 0. The third-order valence-electron chi connectivity index (χ3n) is 2.15. The number of hydrogen-bond donors (Lipinski definition) is 3. The van der Waals surface area contributed by atoms with Gasteiger partial charge in [-0.15, -0.1) is 0 Å². The summed E-state index contributed by atoms with van der Waals surface area (Å²) in [5.74, 6) is -1.02. The van der Waals surface area contributed by atoms with Crippen LogP contribution in [0.4, 0.5) is 0 Å². The lowest BCUT2D eigenvalue weighted by Gasteiger charge is -2.14. The molecule has 0 bridgehead atoms. The molecule has 0 aromatic carbocycles. The Labute approximate surface area is 90.2 Å². The van der Waals surface area contributed by atoms with Crippen LogP contribution in [0.5, 0.6) is 0 Å². The molecule has 0 aromatic rings. The van der Waals surface area contributed by atoms with Gasteiger partial charge in [0.05, 0.1) is 12.5 Å². The molecular weight excluding hydrogens is 199 g/mol. The molecule has 5 nitrogen and oxygen atoms in total. The number of likely N-dealkylation sites (N-methyl/N-ethyl adjacent to an activating group) is 1. The molecule has 5 heteroatoms. The number of nitrogens with one attached hydrogen (secondary N) is 2. The number of amides is 1. The van der Waals surface area contributed by atoms with Gasteiger partial charge in [-0.05, 0) is 13.5 Å². The van der Waals surface area contributed by atoms with Crippen molar-refractivity contribution in [3.63, 3.8) is 0 Å². The maximum Gasteiger partial charge on any atom is 0.305 e. The van der Waals surface area contributed by atoms with Gasteiger partial charge in [0.1, 0.15) is 0 Å². The van der Waals surface area contributed by atoms with E-state index in [9.17, 15) is 9.59 Å². The van der Waals surface area contributed by atoms with Crippen molar-refractivity contribution in [3.05, 3.63) is 0 Å². The fourth-order valence-electron chi connectivity index (χ4n) is 1.23. The van der Waals surface area contributed by atoms with Crippen LogP contribution in [0.3, 0.4) is 0 Å². The summed E-state index contributed by atoms with van der Waals surface area (Å²) in [7, 11) is 1.73. The highest BCUT2D eigenvalue weighted by Crippen LogP contribution is 2.00. The fraction of sp³-hybridized carbons (Fsp3) is 0.800. The van der Waals surface area contributed by atoms with E-state index in [-0.39, 0.29) is 24.9 Å². The lowest BCUT2D eigenvalue weighted by Crippen LogP contribution is -2.43. The van der Waals surface area contributed by atoms with E-state index in [0.717, 1.165) is 19.3 Å². The number of unbranched alkanes of at least 4 members (excludes halogenated alkanes) is 1. The van der Waals surface area contributed by atoms with Crippen molar-refractivity contribution in [2.75, 3.05) is 13.6 Å². The average Bonchev–Trinajstić information content (AvgIpc) is 2.18. The first-order valence-corrected chi connectivity index (χ1v) is 5.28. The van der Waals surface area contributed by atoms with Gasteiger partial charge < -0.3 is 15.7 Å². The van der Waals surface area contributed by atoms with Gasteiger partial charge in [-0.25, -0.2) is 0 Å². The van der Waals surface area contributed by atoms with Crippen molar-refractivity contribution in [2.45, 2.75) is 38.6 Å². The van der Waals surface area contributed by atoms with E-state index < -0.39 is 5.97 Å². The molecule has 0 aliphatic heterocycles. The molecule has 0 aliphatic rings. The Kier molecular flexibility index (Phi) is 7.62. The van der Waals surface area contributed by atoms with Gasteiger partial charge in [-0.3, -0.25) is 9.59 Å². The molecule has 15 heavy (non-hydrogen) atoms. The van der Waals surface area contributed by atoms with E-state index in [1.54, 1.807) is 7.05 Å². The molecule has 0 rings (SSSR count). The Morgan fingerprint density at radius 3 is 2.53 bits per heavy atom. The second-order valence-electron chi connectivity index (χ2n) is 3.42. The van der Waals surface area contributed by atoms with Crippen molar-refractivity contribution in [3.8, 4) is 0 Å². The molecule has 88 valence electrons. The van der Waals surface area contributed by atoms with E-state index in [1.165, 1.54) is 0 Å². The molecule has 0 saturated heterocycles. The van der Waals surface area contributed by atoms with Gasteiger partial charge in [-0.2, -0.15) is 0 Å². The van der Waals surface area contributed by atoms with Crippen LogP contribution in [0.1, 0.15) is 32.6 Å². The van der Waals surface area contributed by atoms with Gasteiger partial charge >= 0.3 is 5.97 Å². The molecule has 3 N–H and O–H groups in total. The Morgan fingerprint density at radius 2 is 2.07 bits per heavy atom. The highest BCUT2D eigenvalue weighted by Gasteiger charge is 2.14. The largest absolute Gasteiger partial charge is 0.481 e. The summed E-state index contributed by atoms with van der Waals surface area (Å²) >= 11 is 0. The predicted molar refractivity (Wildman–Crippen MR) is 57.6 cm³/mol. The normalized spacial score (nSPS) is 12.1. The fourth-order valence-corrected chi connectivity index (χ4v) is 1.23. The van der Waals surface area contributed by atoms with Crippen LogP contribution in [0.15, 0.2) is 0 Å². The standard InChI is InChI=1S/C10H20N2O3/c1-3-4-5-8(11-2)10(15)12-7-6-9(13)14/h8,11H,3-7H2,1-2H3,(H,12,15)(H,13,14)/i1+1,2+1,11+1. The minimum absolute atomic E-state index is 0.0318. The van der Waals surface area contributed by atoms with Gasteiger partial charge in [0, 0.05) is 6.54 Å². The first kappa shape index (κ1) is 13.9. The molecule has 0 radical (unpaired) electrons. The maximum atomic E-state index is 11.5. The summed E-state index contributed by atoms with van der Waals surface area (Å²) in [6.45, 7) is 2.26. The van der Waals surface area contributed by atoms with Crippen molar-refractivity contribution >= 4 is 11.9 Å². The molecule has 0 aromatic heterocycles. The van der Waals surface area contributed by atoms with E-state index in [2.05, 4.69) is 17.6 Å². The Bertz CT molecular complexity index is 207. The number of hydrogen-bond acceptors (Lipinski definition) is 3. The van der Waals surface area contributed by atoms with Crippen LogP contribution < -0.4 is 10.6 Å². The molecule has 1 unspecified atom stereocenters. The molecule has 0 aliphatic carbocycles. The molecule has 0 fully saturated rings. The highest BCUT2D eigenvalue weighted by atomic mass is 16.4. The Morgan fingerprint density at radius 1 is 1.40 bits per heavy atom. The third kappa shape index (κ3) is 6.90. The maximum absolute atomic E-state index is 11.5. The molecular formula is C10H20N2O3. The average molecular weight is 219 g/mol. The Hall–Kier alpha value is -1.10. The molecule has 0 saturated carbocycles. The minimum atomic E-state index is -0.898. The first-order chi connectivity index (χ1) is 7.11. The quantitative estimate of drug-likeness (QED) is 0.407. The van der Waals surface area contributed by atoms with Crippen molar-refractivity contribution < 1.29 is 14.7 Å². The van der Waals surface area contributed by atoms with Crippen LogP contribution in [0.2, 0.25) is 0 Å². The lowest BCUT2D eigenvalue weighted by atomic mass is 10.1. The molecule has 0 heterocycles. The van der Waals surface area contributed by atoms with Crippen LogP contribution in [-0.4, -0.2) is 36.6 Å². The van der Waals surface area contributed by atoms with E-state index in [4.69, 9.17) is 5.11 Å². The number of carboxylic acids is 1. The highest BCUT2D eigenvalue weighted by molar-refractivity contribution is 5.82. The smallest absolute Gasteiger partial charge is 0.305 e. The lowest BCUT2D eigenvalue weighted by molar-refractivity contribution is -0.137. The van der Waals surface area contributed by atoms with Gasteiger partial charge in [-0.1, -0.05) is 19.8 Å². The zero-order chi connectivity index (χ0) is 11.7. The van der Waals surface area contributed by atoms with Crippen molar-refractivity contribution in [1.29, 1.82) is 0 Å². The number of aliphatic carboxylic acids is 1. The number of carbonyl (C=O) groups is 2. The van der Waals surface area contributed by atoms with Crippen LogP contribution >= 0.6 is 0 Å². The summed E-state index contributed by atoms with van der Waals surface area (Å²) in [6.07, 6.45) is 2.78. The Balaban J connectivity index is 3.77. The molecule has 1 atom stereocenters. The van der Waals surface area contributed by atoms with Crippen LogP contribution in [0, 0.1) is 0 Å². The van der Waals surface area contributed by atoms with E-state index in [0.29, 0.717) is 0 Å². The zero-order valence-corrected chi connectivity index (χ0v) is 9.38. The second-order valence-corrected chi connectivity index (χ2v) is 3.42. The second kappa shape index (κ2) is 8.23. The topological polar surface area (TPSA) is 78.4 Å². The van der Waals surface area contributed by atoms with Crippen molar-refractivity contribution in [1.82, 2.24) is 10.6 Å². The van der Waals surface area contributed by atoms with Gasteiger partial charge in [0.2, 0.25) is 5.91 Å². The van der Waals surface area contributed by atoms with Crippen molar-refractivity contribution in [2.24, 2.45) is 0 Å². The van der Waals surface area contributed by atoms with Crippen LogP contribution in [-0.2, 0) is 9.59 Å². The third-order valence-corrected chi connectivity index (χ3v) is 2.15. The van der Waals surface area contributed by atoms with Crippen LogP contribution in [0.25, 0.3) is 0 Å². The molecule has 1 amide bonds. The summed E-state index contributed by atoms with van der Waals surface area (Å²) in [5, 5.41) is 13.9. The number of carboxylic acid groups (broad SMARTS) is 1.